The lowest BCUT2D eigenvalue weighted by molar-refractivity contribution is 0.584. The number of nitrogens with zero attached hydrogens (tertiary/aromatic N) is 1. The van der Waals surface area contributed by atoms with Gasteiger partial charge in [0, 0.05) is 18.4 Å². The molecule has 1 aromatic rings. The van der Waals surface area contributed by atoms with Gasteiger partial charge in [-0.1, -0.05) is 25.1 Å². The molecule has 1 rings (SSSR count). The van der Waals surface area contributed by atoms with Crippen molar-refractivity contribution in [3.63, 3.8) is 0 Å². The summed E-state index contributed by atoms with van der Waals surface area (Å²) in [6.45, 7) is 4.12. The van der Waals surface area contributed by atoms with Gasteiger partial charge in [0.2, 0.25) is 0 Å². The summed E-state index contributed by atoms with van der Waals surface area (Å²) in [5.74, 6) is 0.403. The summed E-state index contributed by atoms with van der Waals surface area (Å²) in [5.41, 5.74) is 6.85. The van der Waals surface area contributed by atoms with Crippen LogP contribution in [0.3, 0.4) is 0 Å². The van der Waals surface area contributed by atoms with E-state index in [-0.39, 0.29) is 6.04 Å². The SMILES string of the molecule is CC(N)C(C)C=Cc1cccnc1. The molecular weight excluding hydrogens is 160 g/mol. The summed E-state index contributed by atoms with van der Waals surface area (Å²) in [5, 5.41) is 0. The Bertz CT molecular complexity index is 265. The van der Waals surface area contributed by atoms with Crippen molar-refractivity contribution < 1.29 is 0 Å². The van der Waals surface area contributed by atoms with Gasteiger partial charge in [0.15, 0.2) is 0 Å². The van der Waals surface area contributed by atoms with Gasteiger partial charge in [-0.25, -0.2) is 0 Å². The summed E-state index contributed by atoms with van der Waals surface area (Å²) in [6.07, 6.45) is 7.78. The molecule has 0 saturated heterocycles. The van der Waals surface area contributed by atoms with Crippen molar-refractivity contribution in [2.24, 2.45) is 11.7 Å². The molecule has 0 radical (unpaired) electrons. The van der Waals surface area contributed by atoms with E-state index in [9.17, 15) is 0 Å². The van der Waals surface area contributed by atoms with Crippen LogP contribution >= 0.6 is 0 Å². The molecule has 13 heavy (non-hydrogen) atoms. The first-order valence-corrected chi connectivity index (χ1v) is 4.54. The van der Waals surface area contributed by atoms with E-state index in [0.29, 0.717) is 5.92 Å². The molecule has 0 spiro atoms. The molecule has 2 N–H and O–H groups in total. The predicted molar refractivity (Wildman–Crippen MR) is 56.1 cm³/mol. The van der Waals surface area contributed by atoms with Crippen molar-refractivity contribution >= 4 is 6.08 Å². The van der Waals surface area contributed by atoms with Crippen LogP contribution in [0.25, 0.3) is 6.08 Å². The fourth-order valence-corrected chi connectivity index (χ4v) is 0.913. The number of hydrogen-bond donors (Lipinski definition) is 1. The molecule has 70 valence electrons. The second-order valence-electron chi connectivity index (χ2n) is 3.36. The maximum atomic E-state index is 5.73. The normalized spacial score (nSPS) is 15.9. The number of nitrogens with two attached hydrogens (primary N) is 1. The summed E-state index contributed by atoms with van der Waals surface area (Å²) in [4.78, 5) is 4.02. The molecule has 0 aliphatic rings. The summed E-state index contributed by atoms with van der Waals surface area (Å²) >= 11 is 0. The third-order valence-electron chi connectivity index (χ3n) is 2.11. The molecule has 2 unspecified atom stereocenters. The Morgan fingerprint density at radius 3 is 2.77 bits per heavy atom. The van der Waals surface area contributed by atoms with Crippen LogP contribution in [0.1, 0.15) is 19.4 Å². The highest BCUT2D eigenvalue weighted by molar-refractivity contribution is 5.47. The van der Waals surface area contributed by atoms with Gasteiger partial charge >= 0.3 is 0 Å². The van der Waals surface area contributed by atoms with E-state index in [2.05, 4.69) is 24.1 Å². The Kier molecular flexibility index (Phi) is 3.65. The molecule has 0 fully saturated rings. The second kappa shape index (κ2) is 4.77. The molecule has 1 aromatic heterocycles. The zero-order valence-corrected chi connectivity index (χ0v) is 8.14. The van der Waals surface area contributed by atoms with Crippen LogP contribution in [-0.2, 0) is 0 Å². The van der Waals surface area contributed by atoms with Crippen LogP contribution < -0.4 is 5.73 Å². The zero-order valence-electron chi connectivity index (χ0n) is 8.14. The molecule has 2 heteroatoms. The smallest absolute Gasteiger partial charge is 0.0340 e. The van der Waals surface area contributed by atoms with Gasteiger partial charge in [-0.15, -0.1) is 0 Å². The zero-order chi connectivity index (χ0) is 9.68. The van der Waals surface area contributed by atoms with Crippen LogP contribution in [0.5, 0.6) is 0 Å². The van der Waals surface area contributed by atoms with Crippen LogP contribution in [-0.4, -0.2) is 11.0 Å². The summed E-state index contributed by atoms with van der Waals surface area (Å²) in [7, 11) is 0. The molecule has 2 atom stereocenters. The first-order chi connectivity index (χ1) is 6.20. The van der Waals surface area contributed by atoms with Gasteiger partial charge in [0.1, 0.15) is 0 Å². The largest absolute Gasteiger partial charge is 0.327 e. The minimum Gasteiger partial charge on any atom is -0.327 e. The van der Waals surface area contributed by atoms with Crippen molar-refractivity contribution in [3.05, 3.63) is 36.2 Å². The standard InChI is InChI=1S/C11H16N2/c1-9(10(2)12)5-6-11-4-3-7-13-8-11/h3-10H,12H2,1-2H3. The minimum absolute atomic E-state index is 0.202. The maximum Gasteiger partial charge on any atom is 0.0340 e. The van der Waals surface area contributed by atoms with Gasteiger partial charge in [0.05, 0.1) is 0 Å². The fraction of sp³-hybridized carbons (Fsp3) is 0.364. The van der Waals surface area contributed by atoms with Crippen molar-refractivity contribution in [3.8, 4) is 0 Å². The number of aromatic nitrogens is 1. The maximum absolute atomic E-state index is 5.73. The highest BCUT2D eigenvalue weighted by atomic mass is 14.6. The van der Waals surface area contributed by atoms with Crippen molar-refractivity contribution in [1.82, 2.24) is 4.98 Å². The van der Waals surface area contributed by atoms with Crippen LogP contribution in [0.15, 0.2) is 30.6 Å². The minimum atomic E-state index is 0.202. The van der Waals surface area contributed by atoms with Gasteiger partial charge in [-0.05, 0) is 24.5 Å². The average molecular weight is 176 g/mol. The number of pyridine rings is 1. The van der Waals surface area contributed by atoms with E-state index in [4.69, 9.17) is 5.73 Å². The number of rotatable bonds is 3. The summed E-state index contributed by atoms with van der Waals surface area (Å²) in [6, 6.07) is 4.15. The van der Waals surface area contributed by atoms with Crippen molar-refractivity contribution in [2.75, 3.05) is 0 Å². The lowest BCUT2D eigenvalue weighted by Crippen LogP contribution is -2.22. The van der Waals surface area contributed by atoms with Gasteiger partial charge in [-0.3, -0.25) is 4.98 Å². The van der Waals surface area contributed by atoms with E-state index in [0.717, 1.165) is 5.56 Å². The van der Waals surface area contributed by atoms with Crippen LogP contribution in [0.2, 0.25) is 0 Å². The Labute approximate surface area is 79.5 Å². The highest BCUT2D eigenvalue weighted by Gasteiger charge is 2.01. The predicted octanol–water partition coefficient (Wildman–Crippen LogP) is 2.08. The molecule has 0 aliphatic carbocycles. The van der Waals surface area contributed by atoms with E-state index in [1.807, 2.05) is 25.3 Å². The Balaban J connectivity index is 2.59. The van der Waals surface area contributed by atoms with Crippen LogP contribution in [0, 0.1) is 5.92 Å². The quantitative estimate of drug-likeness (QED) is 0.765. The molecule has 0 aliphatic heterocycles. The monoisotopic (exact) mass is 176 g/mol. The topological polar surface area (TPSA) is 38.9 Å². The second-order valence-corrected chi connectivity index (χ2v) is 3.36. The third kappa shape index (κ3) is 3.38. The van der Waals surface area contributed by atoms with Crippen LogP contribution in [0.4, 0.5) is 0 Å². The first-order valence-electron chi connectivity index (χ1n) is 4.54. The van der Waals surface area contributed by atoms with E-state index in [1.54, 1.807) is 6.20 Å². The highest BCUT2D eigenvalue weighted by Crippen LogP contribution is 2.06. The Morgan fingerprint density at radius 2 is 2.23 bits per heavy atom. The lowest BCUT2D eigenvalue weighted by Gasteiger charge is -2.09. The van der Waals surface area contributed by atoms with Gasteiger partial charge in [-0.2, -0.15) is 0 Å². The Morgan fingerprint density at radius 1 is 1.46 bits per heavy atom. The third-order valence-corrected chi connectivity index (χ3v) is 2.11. The molecular formula is C11H16N2. The number of hydrogen-bond acceptors (Lipinski definition) is 2. The molecule has 0 saturated carbocycles. The van der Waals surface area contributed by atoms with Gasteiger partial charge in [0.25, 0.3) is 0 Å². The van der Waals surface area contributed by atoms with Crippen molar-refractivity contribution in [1.29, 1.82) is 0 Å². The fourth-order valence-electron chi connectivity index (χ4n) is 0.913. The first kappa shape index (κ1) is 9.93. The molecule has 2 nitrogen and oxygen atoms in total. The molecule has 0 amide bonds. The molecule has 0 aromatic carbocycles. The van der Waals surface area contributed by atoms with Gasteiger partial charge < -0.3 is 5.73 Å². The van der Waals surface area contributed by atoms with Crippen molar-refractivity contribution in [2.45, 2.75) is 19.9 Å². The lowest BCUT2D eigenvalue weighted by atomic mass is 10.0. The van der Waals surface area contributed by atoms with E-state index < -0.39 is 0 Å². The van der Waals surface area contributed by atoms with E-state index >= 15 is 0 Å². The molecule has 1 heterocycles. The average Bonchev–Trinajstić information content (AvgIpc) is 2.15. The summed E-state index contributed by atoms with van der Waals surface area (Å²) < 4.78 is 0. The van der Waals surface area contributed by atoms with E-state index in [1.165, 1.54) is 0 Å². The Hall–Kier alpha value is -1.15. The molecule has 0 bridgehead atoms.